The van der Waals surface area contributed by atoms with E-state index in [0.717, 1.165) is 12.0 Å². The largest absolute Gasteiger partial charge is 0.313 e. The average Bonchev–Trinajstić information content (AvgIpc) is 2.41. The van der Waals surface area contributed by atoms with Crippen LogP contribution in [0.25, 0.3) is 0 Å². The van der Waals surface area contributed by atoms with Gasteiger partial charge < -0.3 is 5.32 Å². The first-order chi connectivity index (χ1) is 6.65. The highest BCUT2D eigenvalue weighted by atomic mass is 15.2. The van der Waals surface area contributed by atoms with E-state index < -0.39 is 0 Å². The summed E-state index contributed by atoms with van der Waals surface area (Å²) in [4.78, 5) is 2.65. The summed E-state index contributed by atoms with van der Waals surface area (Å²) in [6, 6.07) is 1.43. The zero-order valence-corrected chi connectivity index (χ0v) is 10.2. The molecule has 1 N–H and O–H groups in total. The quantitative estimate of drug-likeness (QED) is 0.747. The van der Waals surface area contributed by atoms with Crippen LogP contribution in [0.3, 0.4) is 0 Å². The number of hydrogen-bond acceptors (Lipinski definition) is 2. The van der Waals surface area contributed by atoms with E-state index in [1.807, 2.05) is 0 Å². The van der Waals surface area contributed by atoms with E-state index in [4.69, 9.17) is 0 Å². The van der Waals surface area contributed by atoms with Gasteiger partial charge in [-0.05, 0) is 38.8 Å². The van der Waals surface area contributed by atoms with Gasteiger partial charge in [0.15, 0.2) is 0 Å². The number of nitrogens with one attached hydrogen (secondary N) is 1. The lowest BCUT2D eigenvalue weighted by Gasteiger charge is -2.32. The highest BCUT2D eigenvalue weighted by Gasteiger charge is 2.21. The number of rotatable bonds is 3. The van der Waals surface area contributed by atoms with Crippen molar-refractivity contribution in [2.24, 2.45) is 5.92 Å². The Kier molecular flexibility index (Phi) is 4.90. The fraction of sp³-hybridized carbons (Fsp3) is 1.00. The Morgan fingerprint density at radius 2 is 2.07 bits per heavy atom. The summed E-state index contributed by atoms with van der Waals surface area (Å²) < 4.78 is 0. The summed E-state index contributed by atoms with van der Waals surface area (Å²) in [6.45, 7) is 13.0. The van der Waals surface area contributed by atoms with E-state index in [1.54, 1.807) is 0 Å². The van der Waals surface area contributed by atoms with Crippen molar-refractivity contribution >= 4 is 0 Å². The second-order valence-electron chi connectivity index (χ2n) is 4.89. The summed E-state index contributed by atoms with van der Waals surface area (Å²) in [5, 5.41) is 3.61. The molecule has 0 aliphatic carbocycles. The van der Waals surface area contributed by atoms with Crippen LogP contribution in [0.2, 0.25) is 0 Å². The van der Waals surface area contributed by atoms with E-state index in [9.17, 15) is 0 Å². The maximum Gasteiger partial charge on any atom is 0.0192 e. The van der Waals surface area contributed by atoms with E-state index in [-0.39, 0.29) is 0 Å². The number of nitrogens with zero attached hydrogens (tertiary/aromatic N) is 1. The first-order valence-electron chi connectivity index (χ1n) is 6.12. The molecule has 1 aliphatic rings. The molecule has 0 aromatic rings. The van der Waals surface area contributed by atoms with E-state index in [2.05, 4.69) is 37.9 Å². The van der Waals surface area contributed by atoms with Crippen LogP contribution in [0.1, 0.15) is 40.5 Å². The third kappa shape index (κ3) is 3.25. The van der Waals surface area contributed by atoms with Crippen molar-refractivity contribution in [3.8, 4) is 0 Å². The van der Waals surface area contributed by atoms with E-state index in [0.29, 0.717) is 6.04 Å². The molecule has 1 saturated heterocycles. The van der Waals surface area contributed by atoms with Gasteiger partial charge in [0.2, 0.25) is 0 Å². The van der Waals surface area contributed by atoms with Crippen molar-refractivity contribution in [3.63, 3.8) is 0 Å². The Morgan fingerprint density at radius 3 is 2.64 bits per heavy atom. The van der Waals surface area contributed by atoms with Gasteiger partial charge in [0.05, 0.1) is 0 Å². The third-order valence-corrected chi connectivity index (χ3v) is 3.54. The molecule has 0 aromatic heterocycles. The second kappa shape index (κ2) is 5.72. The van der Waals surface area contributed by atoms with Gasteiger partial charge in [-0.2, -0.15) is 0 Å². The van der Waals surface area contributed by atoms with Crippen molar-refractivity contribution in [3.05, 3.63) is 0 Å². The molecule has 1 fully saturated rings. The Balaban J connectivity index is 2.49. The lowest BCUT2D eigenvalue weighted by molar-refractivity contribution is 0.165. The molecule has 0 amide bonds. The van der Waals surface area contributed by atoms with Gasteiger partial charge in [-0.3, -0.25) is 4.90 Å². The fourth-order valence-corrected chi connectivity index (χ4v) is 2.09. The van der Waals surface area contributed by atoms with Gasteiger partial charge in [0.1, 0.15) is 0 Å². The zero-order valence-electron chi connectivity index (χ0n) is 10.2. The van der Waals surface area contributed by atoms with Crippen molar-refractivity contribution in [2.45, 2.75) is 52.6 Å². The summed E-state index contributed by atoms with van der Waals surface area (Å²) in [5.74, 6) is 0.769. The Hall–Kier alpha value is -0.0800. The minimum absolute atomic E-state index is 0.707. The molecule has 0 spiro atoms. The maximum atomic E-state index is 3.61. The smallest absolute Gasteiger partial charge is 0.0192 e. The van der Waals surface area contributed by atoms with Crippen molar-refractivity contribution in [1.82, 2.24) is 10.2 Å². The molecule has 2 atom stereocenters. The summed E-state index contributed by atoms with van der Waals surface area (Å²) >= 11 is 0. The molecule has 1 aliphatic heterocycles. The van der Waals surface area contributed by atoms with Gasteiger partial charge in [-0.15, -0.1) is 0 Å². The van der Waals surface area contributed by atoms with E-state index in [1.165, 1.54) is 32.5 Å². The predicted octanol–water partition coefficient (Wildman–Crippen LogP) is 2.10. The second-order valence-corrected chi connectivity index (χ2v) is 4.89. The molecule has 84 valence electrons. The highest BCUT2D eigenvalue weighted by Crippen LogP contribution is 2.13. The van der Waals surface area contributed by atoms with Gasteiger partial charge in [0, 0.05) is 18.6 Å². The molecular formula is C12H26N2. The molecule has 2 nitrogen and oxygen atoms in total. The van der Waals surface area contributed by atoms with Crippen LogP contribution in [0.5, 0.6) is 0 Å². The van der Waals surface area contributed by atoms with Crippen molar-refractivity contribution < 1.29 is 0 Å². The molecule has 2 unspecified atom stereocenters. The first-order valence-corrected chi connectivity index (χ1v) is 6.12. The minimum Gasteiger partial charge on any atom is -0.313 e. The van der Waals surface area contributed by atoms with Gasteiger partial charge in [0.25, 0.3) is 0 Å². The van der Waals surface area contributed by atoms with Gasteiger partial charge in [-0.1, -0.05) is 20.8 Å². The summed E-state index contributed by atoms with van der Waals surface area (Å²) in [6.07, 6.45) is 2.55. The molecule has 1 heterocycles. The summed E-state index contributed by atoms with van der Waals surface area (Å²) in [7, 11) is 0. The topological polar surface area (TPSA) is 15.3 Å². The van der Waals surface area contributed by atoms with Crippen molar-refractivity contribution in [2.75, 3.05) is 19.6 Å². The Morgan fingerprint density at radius 1 is 1.36 bits per heavy atom. The third-order valence-electron chi connectivity index (χ3n) is 3.54. The zero-order chi connectivity index (χ0) is 10.6. The van der Waals surface area contributed by atoms with Crippen LogP contribution in [-0.2, 0) is 0 Å². The Bertz CT molecular complexity index is 156. The van der Waals surface area contributed by atoms with Crippen molar-refractivity contribution in [1.29, 1.82) is 0 Å². The number of hydrogen-bond donors (Lipinski definition) is 1. The molecule has 14 heavy (non-hydrogen) atoms. The van der Waals surface area contributed by atoms with Crippen LogP contribution in [0.4, 0.5) is 0 Å². The first kappa shape index (κ1) is 12.0. The van der Waals surface area contributed by atoms with Gasteiger partial charge >= 0.3 is 0 Å². The minimum atomic E-state index is 0.707. The van der Waals surface area contributed by atoms with Crippen LogP contribution >= 0.6 is 0 Å². The lowest BCUT2D eigenvalue weighted by Crippen LogP contribution is -2.43. The predicted molar refractivity (Wildman–Crippen MR) is 62.6 cm³/mol. The molecule has 0 aromatic carbocycles. The van der Waals surface area contributed by atoms with Crippen LogP contribution in [-0.4, -0.2) is 36.6 Å². The molecule has 2 heteroatoms. The van der Waals surface area contributed by atoms with Crippen LogP contribution < -0.4 is 5.32 Å². The Labute approximate surface area is 89.1 Å². The standard InChI is InChI=1S/C12H26N2/c1-5-12-9-14(8-6-7-13-12)11(4)10(2)3/h10-13H,5-9H2,1-4H3. The highest BCUT2D eigenvalue weighted by molar-refractivity contribution is 4.79. The lowest BCUT2D eigenvalue weighted by atomic mass is 10.0. The molecule has 0 bridgehead atoms. The molecule has 1 rings (SSSR count). The molecule has 0 saturated carbocycles. The van der Waals surface area contributed by atoms with Gasteiger partial charge in [-0.25, -0.2) is 0 Å². The maximum absolute atomic E-state index is 3.61. The van der Waals surface area contributed by atoms with Crippen LogP contribution in [0.15, 0.2) is 0 Å². The fourth-order valence-electron chi connectivity index (χ4n) is 2.09. The summed E-state index contributed by atoms with van der Waals surface area (Å²) in [5.41, 5.74) is 0. The monoisotopic (exact) mass is 198 g/mol. The normalized spacial score (nSPS) is 27.6. The van der Waals surface area contributed by atoms with Crippen LogP contribution in [0, 0.1) is 5.92 Å². The molecular weight excluding hydrogens is 172 g/mol. The average molecular weight is 198 g/mol. The molecule has 0 radical (unpaired) electrons. The van der Waals surface area contributed by atoms with E-state index >= 15 is 0 Å². The SMILES string of the molecule is CCC1CN(C(C)C(C)C)CCCN1.